The molecule has 4 rings (SSSR count). The minimum atomic E-state index is -0.487. The van der Waals surface area contributed by atoms with Gasteiger partial charge in [0.05, 0.1) is 24.0 Å². The largest absolute Gasteiger partial charge is 0.457 e. The van der Waals surface area contributed by atoms with Crippen LogP contribution in [0.4, 0.5) is 0 Å². The molecule has 0 fully saturated rings. The van der Waals surface area contributed by atoms with E-state index in [9.17, 15) is 9.59 Å². The molecular weight excluding hydrogens is 360 g/mol. The van der Waals surface area contributed by atoms with E-state index in [1.807, 2.05) is 30.3 Å². The summed E-state index contributed by atoms with van der Waals surface area (Å²) in [4.78, 5) is 24.1. The Bertz CT molecular complexity index is 1170. The molecule has 9 nitrogen and oxygen atoms in total. The number of carbonyl (C=O) groups excluding carboxylic acids is 1. The van der Waals surface area contributed by atoms with Gasteiger partial charge in [0.2, 0.25) is 0 Å². The van der Waals surface area contributed by atoms with E-state index in [4.69, 9.17) is 4.74 Å². The summed E-state index contributed by atoms with van der Waals surface area (Å²) in [5.74, 6) is -0.0459. The quantitative estimate of drug-likeness (QED) is 0.503. The summed E-state index contributed by atoms with van der Waals surface area (Å²) in [5, 5.41) is 19.0. The molecule has 0 saturated heterocycles. The summed E-state index contributed by atoms with van der Waals surface area (Å²) in [6, 6.07) is 16.7. The number of nitrogens with zero attached hydrogens (tertiary/aromatic N) is 5. The summed E-state index contributed by atoms with van der Waals surface area (Å²) in [7, 11) is 0. The van der Waals surface area contributed by atoms with E-state index in [0.717, 1.165) is 5.56 Å². The molecule has 9 heteroatoms. The number of ether oxygens (including phenoxy) is 1. The Labute approximate surface area is 159 Å². The number of nitrogens with one attached hydrogen (secondary N) is 1. The molecule has 4 aromatic rings. The van der Waals surface area contributed by atoms with Crippen molar-refractivity contribution in [3.8, 4) is 0 Å². The summed E-state index contributed by atoms with van der Waals surface area (Å²) < 4.78 is 6.89. The zero-order chi connectivity index (χ0) is 19.3. The normalized spacial score (nSPS) is 10.9. The third kappa shape index (κ3) is 3.78. The highest BCUT2D eigenvalue weighted by molar-refractivity contribution is 5.86. The smallest absolute Gasteiger partial charge is 0.312 e. The number of aromatic nitrogens is 6. The number of tetrazole rings is 1. The lowest BCUT2D eigenvalue weighted by Crippen LogP contribution is -2.16. The number of hydrogen-bond acceptors (Lipinski definition) is 7. The third-order valence-corrected chi connectivity index (χ3v) is 4.23. The standard InChI is InChI=1S/C19H16N6O3/c26-18(10-16-14-8-4-5-9-15(14)19(27)22-20-16)28-12-17-21-23-24-25(17)11-13-6-2-1-3-7-13/h1-9H,10-12H2,(H,22,27). The van der Waals surface area contributed by atoms with Gasteiger partial charge in [-0.25, -0.2) is 9.78 Å². The number of aromatic amines is 1. The monoisotopic (exact) mass is 376 g/mol. The minimum absolute atomic E-state index is 0.0556. The topological polar surface area (TPSA) is 116 Å². The second-order valence-corrected chi connectivity index (χ2v) is 6.12. The third-order valence-electron chi connectivity index (χ3n) is 4.23. The molecule has 0 unspecified atom stereocenters. The van der Waals surface area contributed by atoms with Gasteiger partial charge >= 0.3 is 5.97 Å². The van der Waals surface area contributed by atoms with Crippen molar-refractivity contribution >= 4 is 16.7 Å². The van der Waals surface area contributed by atoms with Crippen LogP contribution in [0.3, 0.4) is 0 Å². The first-order chi connectivity index (χ1) is 13.7. The van der Waals surface area contributed by atoms with Gasteiger partial charge in [0.1, 0.15) is 0 Å². The van der Waals surface area contributed by atoms with Gasteiger partial charge in [-0.3, -0.25) is 9.59 Å². The highest BCUT2D eigenvalue weighted by Gasteiger charge is 2.14. The van der Waals surface area contributed by atoms with E-state index in [1.54, 1.807) is 28.9 Å². The number of esters is 1. The molecule has 0 aliphatic carbocycles. The number of fused-ring (bicyclic) bond motifs is 1. The van der Waals surface area contributed by atoms with Crippen LogP contribution >= 0.6 is 0 Å². The van der Waals surface area contributed by atoms with E-state index in [1.165, 1.54) is 0 Å². The zero-order valence-electron chi connectivity index (χ0n) is 14.8. The number of carbonyl (C=O) groups is 1. The summed E-state index contributed by atoms with van der Waals surface area (Å²) in [5.41, 5.74) is 1.18. The molecule has 0 spiro atoms. The maximum absolute atomic E-state index is 12.3. The van der Waals surface area contributed by atoms with Crippen molar-refractivity contribution in [1.29, 1.82) is 0 Å². The van der Waals surface area contributed by atoms with Crippen LogP contribution < -0.4 is 5.56 Å². The Morgan fingerprint density at radius 3 is 2.61 bits per heavy atom. The maximum atomic E-state index is 12.3. The first kappa shape index (κ1) is 17.5. The van der Waals surface area contributed by atoms with Gasteiger partial charge in [-0.05, 0) is 22.1 Å². The number of benzene rings is 2. The molecule has 0 atom stereocenters. The molecule has 28 heavy (non-hydrogen) atoms. The minimum Gasteiger partial charge on any atom is -0.457 e. The molecule has 2 aromatic carbocycles. The van der Waals surface area contributed by atoms with Crippen molar-refractivity contribution in [3.05, 3.63) is 82.0 Å². The molecule has 0 amide bonds. The van der Waals surface area contributed by atoms with Crippen molar-refractivity contribution in [2.45, 2.75) is 19.6 Å². The van der Waals surface area contributed by atoms with Crippen LogP contribution in [0.15, 0.2) is 59.4 Å². The molecule has 0 radical (unpaired) electrons. The van der Waals surface area contributed by atoms with Crippen molar-refractivity contribution in [2.24, 2.45) is 0 Å². The highest BCUT2D eigenvalue weighted by atomic mass is 16.5. The van der Waals surface area contributed by atoms with Crippen LogP contribution in [-0.4, -0.2) is 36.4 Å². The Kier molecular flexibility index (Phi) is 4.87. The molecule has 2 heterocycles. The lowest BCUT2D eigenvalue weighted by Gasteiger charge is -2.07. The molecule has 140 valence electrons. The van der Waals surface area contributed by atoms with E-state index in [2.05, 4.69) is 25.7 Å². The predicted octanol–water partition coefficient (Wildman–Crippen LogP) is 1.24. The fraction of sp³-hybridized carbons (Fsp3) is 0.158. The summed E-state index contributed by atoms with van der Waals surface area (Å²) in [6.45, 7) is 0.423. The van der Waals surface area contributed by atoms with Gasteiger partial charge in [-0.1, -0.05) is 48.5 Å². The Hall–Kier alpha value is -3.88. The predicted molar refractivity (Wildman–Crippen MR) is 99.2 cm³/mol. The first-order valence-corrected chi connectivity index (χ1v) is 8.61. The fourth-order valence-corrected chi connectivity index (χ4v) is 2.84. The lowest BCUT2D eigenvalue weighted by atomic mass is 10.1. The first-order valence-electron chi connectivity index (χ1n) is 8.61. The average Bonchev–Trinajstić information content (AvgIpc) is 3.16. The summed E-state index contributed by atoms with van der Waals surface area (Å²) in [6.07, 6.45) is -0.0719. The fourth-order valence-electron chi connectivity index (χ4n) is 2.84. The van der Waals surface area contributed by atoms with Gasteiger partial charge in [0.15, 0.2) is 12.4 Å². The maximum Gasteiger partial charge on any atom is 0.312 e. The molecule has 0 aliphatic rings. The van der Waals surface area contributed by atoms with Gasteiger partial charge in [-0.15, -0.1) is 5.10 Å². The lowest BCUT2D eigenvalue weighted by molar-refractivity contribution is -0.144. The number of hydrogen-bond donors (Lipinski definition) is 1. The van der Waals surface area contributed by atoms with E-state index in [-0.39, 0.29) is 18.6 Å². The van der Waals surface area contributed by atoms with Crippen molar-refractivity contribution in [2.75, 3.05) is 0 Å². The van der Waals surface area contributed by atoms with Gasteiger partial charge in [0, 0.05) is 5.39 Å². The van der Waals surface area contributed by atoms with Crippen molar-refractivity contribution in [1.82, 2.24) is 30.4 Å². The number of rotatable bonds is 6. The zero-order valence-corrected chi connectivity index (χ0v) is 14.8. The second-order valence-electron chi connectivity index (χ2n) is 6.12. The second kappa shape index (κ2) is 7.78. The molecule has 1 N–H and O–H groups in total. The SMILES string of the molecule is O=C(Cc1n[nH]c(=O)c2ccccc12)OCc1nnnn1Cc1ccccc1. The van der Waals surface area contributed by atoms with E-state index >= 15 is 0 Å². The summed E-state index contributed by atoms with van der Waals surface area (Å²) >= 11 is 0. The van der Waals surface area contributed by atoms with Crippen LogP contribution in [0, 0.1) is 0 Å². The molecular formula is C19H16N6O3. The average molecular weight is 376 g/mol. The molecule has 0 saturated carbocycles. The van der Waals surface area contributed by atoms with E-state index in [0.29, 0.717) is 28.8 Å². The van der Waals surface area contributed by atoms with Gasteiger partial charge in [0.25, 0.3) is 5.56 Å². The van der Waals surface area contributed by atoms with Crippen LogP contribution in [0.2, 0.25) is 0 Å². The number of H-pyrrole nitrogens is 1. The van der Waals surface area contributed by atoms with Crippen LogP contribution in [0.5, 0.6) is 0 Å². The molecule has 2 aromatic heterocycles. The molecule has 0 aliphatic heterocycles. The Balaban J connectivity index is 1.43. The van der Waals surface area contributed by atoms with Crippen molar-refractivity contribution in [3.63, 3.8) is 0 Å². The molecule has 0 bridgehead atoms. The van der Waals surface area contributed by atoms with E-state index < -0.39 is 5.97 Å². The van der Waals surface area contributed by atoms with Gasteiger partial charge in [-0.2, -0.15) is 5.10 Å². The van der Waals surface area contributed by atoms with Gasteiger partial charge < -0.3 is 4.74 Å². The van der Waals surface area contributed by atoms with Crippen LogP contribution in [0.1, 0.15) is 17.1 Å². The Morgan fingerprint density at radius 2 is 1.79 bits per heavy atom. The Morgan fingerprint density at radius 1 is 1.04 bits per heavy atom. The van der Waals surface area contributed by atoms with Crippen molar-refractivity contribution < 1.29 is 9.53 Å². The van der Waals surface area contributed by atoms with Crippen LogP contribution in [-0.2, 0) is 29.1 Å². The highest BCUT2D eigenvalue weighted by Crippen LogP contribution is 2.13. The van der Waals surface area contributed by atoms with Crippen LogP contribution in [0.25, 0.3) is 10.8 Å².